The molecule has 0 radical (unpaired) electrons. The summed E-state index contributed by atoms with van der Waals surface area (Å²) in [6.45, 7) is 4.71. The lowest BCUT2D eigenvalue weighted by atomic mass is 10.2. The highest BCUT2D eigenvalue weighted by Gasteiger charge is 2.12. The largest absolute Gasteiger partial charge is 0.493 e. The number of fused-ring (bicyclic) bond motifs is 1. The second-order valence-corrected chi connectivity index (χ2v) is 9.06. The minimum absolute atomic E-state index is 0.174. The van der Waals surface area contributed by atoms with Gasteiger partial charge in [0.1, 0.15) is 11.3 Å². The van der Waals surface area contributed by atoms with Gasteiger partial charge in [0.2, 0.25) is 5.89 Å². The minimum Gasteiger partial charge on any atom is -0.493 e. The Morgan fingerprint density at radius 3 is 2.82 bits per heavy atom. The molecule has 0 saturated heterocycles. The van der Waals surface area contributed by atoms with Gasteiger partial charge in [0.25, 0.3) is 5.91 Å². The SMILES string of the molecule is CC(C)COc1cccc(C(=O)NC(=S)Nc2ccc3oc(-c4cncc(Br)c4)nc3c2)c1. The molecule has 0 aliphatic heterocycles. The van der Waals surface area contributed by atoms with Crippen LogP contribution in [0.3, 0.4) is 0 Å². The second kappa shape index (κ2) is 10.1. The number of nitrogens with zero attached hydrogens (tertiary/aromatic N) is 2. The van der Waals surface area contributed by atoms with E-state index in [0.717, 1.165) is 10.0 Å². The molecular weight excluding hydrogens is 504 g/mol. The molecule has 2 heterocycles. The molecule has 4 aromatic rings. The van der Waals surface area contributed by atoms with Crippen LogP contribution in [0.25, 0.3) is 22.6 Å². The Morgan fingerprint density at radius 2 is 2.03 bits per heavy atom. The predicted octanol–water partition coefficient (Wildman–Crippen LogP) is 5.81. The molecule has 2 aromatic carbocycles. The third kappa shape index (κ3) is 5.94. The standard InChI is InChI=1S/C24H21BrN4O3S/c1-14(2)13-31-19-5-3-4-15(9-19)22(30)29-24(33)27-18-6-7-21-20(10-18)28-23(32-21)16-8-17(25)12-26-11-16/h3-12,14H,13H2,1-2H3,(H2,27,29,30,33). The summed E-state index contributed by atoms with van der Waals surface area (Å²) < 4.78 is 12.3. The summed E-state index contributed by atoms with van der Waals surface area (Å²) in [5, 5.41) is 5.88. The average molecular weight is 525 g/mol. The van der Waals surface area contributed by atoms with Crippen LogP contribution in [-0.2, 0) is 0 Å². The van der Waals surface area contributed by atoms with Crippen LogP contribution in [0.1, 0.15) is 24.2 Å². The first-order valence-corrected chi connectivity index (χ1v) is 11.4. The maximum atomic E-state index is 12.6. The summed E-state index contributed by atoms with van der Waals surface area (Å²) in [6, 6.07) is 14.3. The van der Waals surface area contributed by atoms with E-state index in [1.165, 1.54) is 0 Å². The molecule has 0 saturated carbocycles. The molecule has 0 atom stereocenters. The number of nitrogens with one attached hydrogen (secondary N) is 2. The Balaban J connectivity index is 1.42. The van der Waals surface area contributed by atoms with Crippen LogP contribution in [0.2, 0.25) is 0 Å². The van der Waals surface area contributed by atoms with Crippen LogP contribution < -0.4 is 15.4 Å². The van der Waals surface area contributed by atoms with E-state index in [1.807, 2.05) is 12.1 Å². The Bertz CT molecular complexity index is 1320. The van der Waals surface area contributed by atoms with Crippen molar-refractivity contribution >= 4 is 56.0 Å². The van der Waals surface area contributed by atoms with Crippen molar-refractivity contribution in [1.82, 2.24) is 15.3 Å². The number of pyridine rings is 1. The highest BCUT2D eigenvalue weighted by molar-refractivity contribution is 9.10. The summed E-state index contributed by atoms with van der Waals surface area (Å²) in [4.78, 5) is 21.3. The number of hydrogen-bond donors (Lipinski definition) is 2. The lowest BCUT2D eigenvalue weighted by Gasteiger charge is -2.11. The molecule has 0 unspecified atom stereocenters. The van der Waals surface area contributed by atoms with E-state index >= 15 is 0 Å². The summed E-state index contributed by atoms with van der Waals surface area (Å²) in [7, 11) is 0. The van der Waals surface area contributed by atoms with Crippen molar-refractivity contribution in [3.05, 3.63) is 71.0 Å². The zero-order valence-electron chi connectivity index (χ0n) is 18.0. The molecule has 2 aromatic heterocycles. The van der Waals surface area contributed by atoms with Crippen molar-refractivity contribution in [3.8, 4) is 17.2 Å². The number of amides is 1. The molecule has 9 heteroatoms. The maximum absolute atomic E-state index is 12.6. The van der Waals surface area contributed by atoms with Crippen LogP contribution >= 0.6 is 28.1 Å². The molecule has 0 fully saturated rings. The van der Waals surface area contributed by atoms with Gasteiger partial charge < -0.3 is 14.5 Å². The molecule has 0 aliphatic carbocycles. The van der Waals surface area contributed by atoms with Gasteiger partial charge in [-0.15, -0.1) is 0 Å². The van der Waals surface area contributed by atoms with Gasteiger partial charge in [0.15, 0.2) is 10.7 Å². The van der Waals surface area contributed by atoms with Crippen molar-refractivity contribution in [2.24, 2.45) is 5.92 Å². The fraction of sp³-hybridized carbons (Fsp3) is 0.167. The zero-order valence-corrected chi connectivity index (χ0v) is 20.4. The fourth-order valence-electron chi connectivity index (χ4n) is 2.99. The summed E-state index contributed by atoms with van der Waals surface area (Å²) in [5.74, 6) is 1.17. The van der Waals surface area contributed by atoms with E-state index in [1.54, 1.807) is 48.8 Å². The molecule has 0 aliphatic rings. The lowest BCUT2D eigenvalue weighted by molar-refractivity contribution is 0.0977. The number of thiocarbonyl (C=S) groups is 1. The van der Waals surface area contributed by atoms with Crippen LogP contribution in [0.4, 0.5) is 5.69 Å². The van der Waals surface area contributed by atoms with Gasteiger partial charge in [-0.05, 0) is 76.5 Å². The molecular formula is C24H21BrN4O3S. The molecule has 7 nitrogen and oxygen atoms in total. The first-order valence-electron chi connectivity index (χ1n) is 10.2. The van der Waals surface area contributed by atoms with Crippen LogP contribution in [0, 0.1) is 5.92 Å². The summed E-state index contributed by atoms with van der Waals surface area (Å²) >= 11 is 8.72. The summed E-state index contributed by atoms with van der Waals surface area (Å²) in [5.41, 5.74) is 3.17. The van der Waals surface area contributed by atoms with Gasteiger partial charge >= 0.3 is 0 Å². The van der Waals surface area contributed by atoms with Crippen LogP contribution in [-0.4, -0.2) is 27.6 Å². The monoisotopic (exact) mass is 524 g/mol. The van der Waals surface area contributed by atoms with Crippen molar-refractivity contribution in [2.75, 3.05) is 11.9 Å². The van der Waals surface area contributed by atoms with Crippen LogP contribution in [0.15, 0.2) is 69.8 Å². The van der Waals surface area contributed by atoms with Gasteiger partial charge in [-0.25, -0.2) is 4.98 Å². The Hall–Kier alpha value is -3.30. The first kappa shape index (κ1) is 22.9. The number of ether oxygens (including phenoxy) is 1. The number of aromatic nitrogens is 2. The quantitative estimate of drug-likeness (QED) is 0.307. The van der Waals surface area contributed by atoms with E-state index in [4.69, 9.17) is 21.4 Å². The van der Waals surface area contributed by atoms with E-state index in [0.29, 0.717) is 46.5 Å². The number of halogens is 1. The van der Waals surface area contributed by atoms with Gasteiger partial charge in [-0.1, -0.05) is 19.9 Å². The van der Waals surface area contributed by atoms with Crippen molar-refractivity contribution in [1.29, 1.82) is 0 Å². The van der Waals surface area contributed by atoms with Crippen molar-refractivity contribution in [2.45, 2.75) is 13.8 Å². The first-order chi connectivity index (χ1) is 15.9. The van der Waals surface area contributed by atoms with Gasteiger partial charge in [0, 0.05) is 28.1 Å². The second-order valence-electron chi connectivity index (χ2n) is 7.73. The Morgan fingerprint density at radius 1 is 1.18 bits per heavy atom. The van der Waals surface area contributed by atoms with Gasteiger partial charge in [0.05, 0.1) is 12.2 Å². The lowest BCUT2D eigenvalue weighted by Crippen LogP contribution is -2.34. The van der Waals surface area contributed by atoms with Gasteiger partial charge in [-0.3, -0.25) is 15.1 Å². The average Bonchev–Trinajstić information content (AvgIpc) is 3.21. The number of carbonyl (C=O) groups is 1. The molecule has 4 rings (SSSR count). The predicted molar refractivity (Wildman–Crippen MR) is 135 cm³/mol. The zero-order chi connectivity index (χ0) is 23.4. The molecule has 2 N–H and O–H groups in total. The number of rotatable bonds is 6. The van der Waals surface area contributed by atoms with Crippen LogP contribution in [0.5, 0.6) is 5.75 Å². The molecule has 168 valence electrons. The normalized spacial score (nSPS) is 10.9. The maximum Gasteiger partial charge on any atom is 0.257 e. The topological polar surface area (TPSA) is 89.3 Å². The summed E-state index contributed by atoms with van der Waals surface area (Å²) in [6.07, 6.45) is 3.38. The smallest absolute Gasteiger partial charge is 0.257 e. The molecule has 0 bridgehead atoms. The van der Waals surface area contributed by atoms with E-state index in [2.05, 4.69) is 50.4 Å². The number of hydrogen-bond acceptors (Lipinski definition) is 6. The number of benzene rings is 2. The van der Waals surface area contributed by atoms with E-state index in [9.17, 15) is 4.79 Å². The highest BCUT2D eigenvalue weighted by Crippen LogP contribution is 2.27. The third-order valence-electron chi connectivity index (χ3n) is 4.50. The molecule has 0 spiro atoms. The fourth-order valence-corrected chi connectivity index (χ4v) is 3.56. The Kier molecular flexibility index (Phi) is 7.00. The van der Waals surface area contributed by atoms with Crippen molar-refractivity contribution in [3.63, 3.8) is 0 Å². The number of anilines is 1. The third-order valence-corrected chi connectivity index (χ3v) is 5.14. The molecule has 1 amide bonds. The Labute approximate surface area is 204 Å². The van der Waals surface area contributed by atoms with E-state index < -0.39 is 0 Å². The van der Waals surface area contributed by atoms with Crippen molar-refractivity contribution < 1.29 is 13.9 Å². The number of oxazole rings is 1. The van der Waals surface area contributed by atoms with Gasteiger partial charge in [-0.2, -0.15) is 0 Å². The minimum atomic E-state index is -0.325. The van der Waals surface area contributed by atoms with E-state index in [-0.39, 0.29) is 11.0 Å². The molecule has 33 heavy (non-hydrogen) atoms. The highest BCUT2D eigenvalue weighted by atomic mass is 79.9. The number of carbonyl (C=O) groups excluding carboxylic acids is 1.